The minimum Gasteiger partial charge on any atom is -0.315 e. The highest BCUT2D eigenvalue weighted by Gasteiger charge is 2.32. The lowest BCUT2D eigenvalue weighted by atomic mass is 9.94. The van der Waals surface area contributed by atoms with E-state index >= 15 is 0 Å². The summed E-state index contributed by atoms with van der Waals surface area (Å²) in [5.74, 6) is 0.524. The molecule has 2 nitrogen and oxygen atoms in total. The molecule has 1 fully saturated rings. The first-order chi connectivity index (χ1) is 10.3. The Balaban J connectivity index is 1.72. The van der Waals surface area contributed by atoms with Gasteiger partial charge in [0.15, 0.2) is 0 Å². The first kappa shape index (κ1) is 14.6. The predicted octanol–water partition coefficient (Wildman–Crippen LogP) is 3.53. The Bertz CT molecular complexity index is 568. The average Bonchev–Trinajstić information content (AvgIpc) is 2.92. The highest BCUT2D eigenvalue weighted by molar-refractivity contribution is 6.30. The molecule has 0 radical (unpaired) electrons. The minimum atomic E-state index is 0.495. The van der Waals surface area contributed by atoms with E-state index in [4.69, 9.17) is 11.6 Å². The number of nitrogens with one attached hydrogen (secondary N) is 1. The van der Waals surface area contributed by atoms with Crippen molar-refractivity contribution in [2.45, 2.75) is 18.5 Å². The summed E-state index contributed by atoms with van der Waals surface area (Å²) in [6.45, 7) is 3.18. The predicted molar refractivity (Wildman–Crippen MR) is 88.8 cm³/mol. The van der Waals surface area contributed by atoms with Gasteiger partial charge in [0.1, 0.15) is 0 Å². The van der Waals surface area contributed by atoms with Crippen LogP contribution in [-0.2, 0) is 6.54 Å². The van der Waals surface area contributed by atoms with Gasteiger partial charge in [-0.25, -0.2) is 0 Å². The van der Waals surface area contributed by atoms with Crippen LogP contribution in [0, 0.1) is 0 Å². The Kier molecular flexibility index (Phi) is 4.59. The molecule has 0 aromatic heterocycles. The van der Waals surface area contributed by atoms with Crippen molar-refractivity contribution in [1.82, 2.24) is 10.2 Å². The fourth-order valence-corrected chi connectivity index (χ4v) is 3.32. The Morgan fingerprint density at radius 2 is 1.76 bits per heavy atom. The van der Waals surface area contributed by atoms with Crippen molar-refractivity contribution in [3.8, 4) is 0 Å². The van der Waals surface area contributed by atoms with Crippen LogP contribution in [0.4, 0.5) is 0 Å². The summed E-state index contributed by atoms with van der Waals surface area (Å²) in [5.41, 5.74) is 2.75. The van der Waals surface area contributed by atoms with Crippen LogP contribution >= 0.6 is 11.6 Å². The number of hydrogen-bond donors (Lipinski definition) is 1. The molecule has 1 N–H and O–H groups in total. The maximum atomic E-state index is 6.00. The molecule has 1 saturated heterocycles. The van der Waals surface area contributed by atoms with Crippen molar-refractivity contribution in [2.75, 3.05) is 20.1 Å². The Labute approximate surface area is 131 Å². The number of halogens is 1. The highest BCUT2D eigenvalue weighted by atomic mass is 35.5. The van der Waals surface area contributed by atoms with Crippen molar-refractivity contribution in [3.05, 3.63) is 70.7 Å². The van der Waals surface area contributed by atoms with E-state index in [2.05, 4.69) is 59.7 Å². The van der Waals surface area contributed by atoms with Gasteiger partial charge in [0.05, 0.1) is 0 Å². The summed E-state index contributed by atoms with van der Waals surface area (Å²) in [6, 6.07) is 19.5. The zero-order chi connectivity index (χ0) is 14.7. The number of hydrogen-bond acceptors (Lipinski definition) is 2. The lowest BCUT2D eigenvalue weighted by Gasteiger charge is -2.18. The molecular weight excluding hydrogens is 280 g/mol. The molecule has 0 amide bonds. The highest BCUT2D eigenvalue weighted by Crippen LogP contribution is 2.29. The van der Waals surface area contributed by atoms with E-state index in [0.29, 0.717) is 12.0 Å². The van der Waals surface area contributed by atoms with Crippen molar-refractivity contribution in [2.24, 2.45) is 0 Å². The Morgan fingerprint density at radius 1 is 1.05 bits per heavy atom. The van der Waals surface area contributed by atoms with E-state index in [0.717, 1.165) is 24.7 Å². The van der Waals surface area contributed by atoms with Gasteiger partial charge in [-0.3, -0.25) is 4.90 Å². The zero-order valence-electron chi connectivity index (χ0n) is 12.3. The molecule has 21 heavy (non-hydrogen) atoms. The third-order valence-electron chi connectivity index (χ3n) is 4.31. The van der Waals surface area contributed by atoms with Crippen LogP contribution in [0.25, 0.3) is 0 Å². The van der Waals surface area contributed by atoms with Gasteiger partial charge in [-0.2, -0.15) is 0 Å². The monoisotopic (exact) mass is 300 g/mol. The van der Waals surface area contributed by atoms with Crippen LogP contribution in [0.3, 0.4) is 0 Å². The van der Waals surface area contributed by atoms with Crippen LogP contribution in [0.5, 0.6) is 0 Å². The Morgan fingerprint density at radius 3 is 2.43 bits per heavy atom. The quantitative estimate of drug-likeness (QED) is 0.929. The van der Waals surface area contributed by atoms with E-state index in [1.165, 1.54) is 11.1 Å². The molecular formula is C18H21ClN2. The molecule has 1 aliphatic rings. The summed E-state index contributed by atoms with van der Waals surface area (Å²) in [4.78, 5) is 2.52. The van der Waals surface area contributed by atoms with E-state index < -0.39 is 0 Å². The minimum absolute atomic E-state index is 0.495. The van der Waals surface area contributed by atoms with Gasteiger partial charge >= 0.3 is 0 Å². The average molecular weight is 301 g/mol. The summed E-state index contributed by atoms with van der Waals surface area (Å²) in [6.07, 6.45) is 0. The number of likely N-dealkylation sites (tertiary alicyclic amines) is 1. The summed E-state index contributed by atoms with van der Waals surface area (Å²) in [5, 5.41) is 4.27. The number of rotatable bonds is 4. The lowest BCUT2D eigenvalue weighted by Crippen LogP contribution is -2.32. The number of nitrogens with zero attached hydrogens (tertiary/aromatic N) is 1. The van der Waals surface area contributed by atoms with E-state index in [1.54, 1.807) is 0 Å². The first-order valence-electron chi connectivity index (χ1n) is 7.45. The van der Waals surface area contributed by atoms with E-state index in [9.17, 15) is 0 Å². The van der Waals surface area contributed by atoms with Crippen LogP contribution in [-0.4, -0.2) is 31.1 Å². The second-order valence-electron chi connectivity index (χ2n) is 5.73. The Hall–Kier alpha value is -1.35. The lowest BCUT2D eigenvalue weighted by molar-refractivity contribution is 0.320. The molecule has 1 heterocycles. The SMILES string of the molecule is CN[C@H]1CN(Cc2ccccc2)C[C@@H]1c1ccc(Cl)cc1. The van der Waals surface area contributed by atoms with Gasteiger partial charge in [0, 0.05) is 36.6 Å². The molecule has 0 unspecified atom stereocenters. The van der Waals surface area contributed by atoms with Crippen molar-refractivity contribution in [3.63, 3.8) is 0 Å². The molecule has 3 heteroatoms. The molecule has 2 atom stereocenters. The molecule has 110 valence electrons. The zero-order valence-corrected chi connectivity index (χ0v) is 13.1. The smallest absolute Gasteiger partial charge is 0.0406 e. The van der Waals surface area contributed by atoms with Gasteiger partial charge in [-0.1, -0.05) is 54.1 Å². The molecule has 3 rings (SSSR count). The number of benzene rings is 2. The topological polar surface area (TPSA) is 15.3 Å². The van der Waals surface area contributed by atoms with Crippen LogP contribution in [0.2, 0.25) is 5.02 Å². The third kappa shape index (κ3) is 3.46. The largest absolute Gasteiger partial charge is 0.315 e. The third-order valence-corrected chi connectivity index (χ3v) is 4.57. The second kappa shape index (κ2) is 6.61. The summed E-state index contributed by atoms with van der Waals surface area (Å²) in [7, 11) is 2.06. The van der Waals surface area contributed by atoms with Crippen LogP contribution in [0.15, 0.2) is 54.6 Å². The van der Waals surface area contributed by atoms with Gasteiger partial charge < -0.3 is 5.32 Å². The van der Waals surface area contributed by atoms with Crippen LogP contribution < -0.4 is 5.32 Å². The normalized spacial score (nSPS) is 22.6. The number of likely N-dealkylation sites (N-methyl/N-ethyl adjacent to an activating group) is 1. The molecule has 1 aliphatic heterocycles. The molecule has 0 aliphatic carbocycles. The molecule has 0 spiro atoms. The molecule has 0 bridgehead atoms. The van der Waals surface area contributed by atoms with E-state index in [1.807, 2.05) is 12.1 Å². The van der Waals surface area contributed by atoms with Crippen molar-refractivity contribution >= 4 is 11.6 Å². The van der Waals surface area contributed by atoms with Crippen molar-refractivity contribution < 1.29 is 0 Å². The maximum Gasteiger partial charge on any atom is 0.0406 e. The summed E-state index contributed by atoms with van der Waals surface area (Å²) >= 11 is 6.00. The molecule has 0 saturated carbocycles. The van der Waals surface area contributed by atoms with E-state index in [-0.39, 0.29) is 0 Å². The first-order valence-corrected chi connectivity index (χ1v) is 7.83. The maximum absolute atomic E-state index is 6.00. The van der Waals surface area contributed by atoms with Gasteiger partial charge in [-0.15, -0.1) is 0 Å². The standard InChI is InChI=1S/C18H21ClN2/c1-20-18-13-21(11-14-5-3-2-4-6-14)12-17(18)15-7-9-16(19)10-8-15/h2-10,17-18,20H,11-13H2,1H3/t17-,18+/m1/s1. The fourth-order valence-electron chi connectivity index (χ4n) is 3.20. The van der Waals surface area contributed by atoms with Crippen LogP contribution in [0.1, 0.15) is 17.0 Å². The van der Waals surface area contributed by atoms with Gasteiger partial charge in [0.2, 0.25) is 0 Å². The fraction of sp³-hybridized carbons (Fsp3) is 0.333. The molecule has 2 aromatic rings. The molecule has 2 aromatic carbocycles. The summed E-state index contributed by atoms with van der Waals surface area (Å²) < 4.78 is 0. The van der Waals surface area contributed by atoms with Crippen molar-refractivity contribution in [1.29, 1.82) is 0 Å². The second-order valence-corrected chi connectivity index (χ2v) is 6.17. The van der Waals surface area contributed by atoms with Gasteiger partial charge in [-0.05, 0) is 30.3 Å². The van der Waals surface area contributed by atoms with Gasteiger partial charge in [0.25, 0.3) is 0 Å².